The third kappa shape index (κ3) is 3.38. The van der Waals surface area contributed by atoms with E-state index in [1.165, 1.54) is 12.1 Å². The van der Waals surface area contributed by atoms with Crippen molar-refractivity contribution in [2.75, 3.05) is 0 Å². The van der Waals surface area contributed by atoms with Crippen LogP contribution in [0.3, 0.4) is 0 Å². The fourth-order valence-corrected chi connectivity index (χ4v) is 1.88. The van der Waals surface area contributed by atoms with Crippen LogP contribution in [0.25, 0.3) is 0 Å². The van der Waals surface area contributed by atoms with Crippen LogP contribution < -0.4 is 0 Å². The summed E-state index contributed by atoms with van der Waals surface area (Å²) in [5.74, 6) is -1.28. The van der Waals surface area contributed by atoms with E-state index in [-0.39, 0.29) is 12.5 Å². The number of hydrogen-bond donors (Lipinski definition) is 1. The number of aliphatic hydroxyl groups is 1. The normalized spacial score (nSPS) is 12.9. The summed E-state index contributed by atoms with van der Waals surface area (Å²) in [7, 11) is 0. The fraction of sp³-hybridized carbons (Fsp3) is 0.357. The fourth-order valence-electron chi connectivity index (χ4n) is 1.88. The average molecular weight is 266 g/mol. The van der Waals surface area contributed by atoms with E-state index in [4.69, 9.17) is 0 Å². The van der Waals surface area contributed by atoms with Gasteiger partial charge in [-0.3, -0.25) is 4.68 Å². The predicted octanol–water partition coefficient (Wildman–Crippen LogP) is 3.02. The van der Waals surface area contributed by atoms with Gasteiger partial charge in [-0.15, -0.1) is 0 Å². The van der Waals surface area contributed by atoms with Gasteiger partial charge in [-0.05, 0) is 31.5 Å². The van der Waals surface area contributed by atoms with E-state index in [2.05, 4.69) is 5.10 Å². The van der Waals surface area contributed by atoms with Crippen molar-refractivity contribution < 1.29 is 13.9 Å². The lowest BCUT2D eigenvalue weighted by Gasteiger charge is -2.09. The van der Waals surface area contributed by atoms with E-state index in [1.54, 1.807) is 17.1 Å². The van der Waals surface area contributed by atoms with Crippen molar-refractivity contribution in [2.45, 2.75) is 32.4 Å². The van der Waals surface area contributed by atoms with Crippen LogP contribution >= 0.6 is 0 Å². The minimum Gasteiger partial charge on any atom is -0.388 e. The van der Waals surface area contributed by atoms with Crippen molar-refractivity contribution in [3.63, 3.8) is 0 Å². The molecule has 1 unspecified atom stereocenters. The molecular weight excluding hydrogens is 250 g/mol. The molecule has 0 aliphatic rings. The second kappa shape index (κ2) is 5.48. The van der Waals surface area contributed by atoms with Crippen molar-refractivity contribution in [3.8, 4) is 0 Å². The Balaban J connectivity index is 2.13. The highest BCUT2D eigenvalue weighted by Crippen LogP contribution is 2.20. The Hall–Kier alpha value is -1.75. The van der Waals surface area contributed by atoms with E-state index in [0.717, 1.165) is 6.07 Å². The highest BCUT2D eigenvalue weighted by atomic mass is 19.1. The molecule has 1 N–H and O–H groups in total. The molecule has 102 valence electrons. The number of hydrogen-bond acceptors (Lipinski definition) is 2. The van der Waals surface area contributed by atoms with Gasteiger partial charge in [-0.2, -0.15) is 5.10 Å². The number of halogens is 2. The van der Waals surface area contributed by atoms with Gasteiger partial charge < -0.3 is 5.11 Å². The van der Waals surface area contributed by atoms with Crippen molar-refractivity contribution >= 4 is 0 Å². The first-order valence-corrected chi connectivity index (χ1v) is 6.13. The van der Waals surface area contributed by atoms with Gasteiger partial charge in [0.1, 0.15) is 11.6 Å². The van der Waals surface area contributed by atoms with Crippen LogP contribution in [-0.4, -0.2) is 14.9 Å². The van der Waals surface area contributed by atoms with Crippen LogP contribution in [0.2, 0.25) is 0 Å². The van der Waals surface area contributed by atoms with Crippen LogP contribution in [-0.2, 0) is 6.42 Å². The molecule has 0 saturated carbocycles. The molecule has 1 aromatic heterocycles. The predicted molar refractivity (Wildman–Crippen MR) is 67.6 cm³/mol. The van der Waals surface area contributed by atoms with Gasteiger partial charge in [0.05, 0.1) is 12.3 Å². The molecule has 2 aromatic rings. The summed E-state index contributed by atoms with van der Waals surface area (Å²) in [5.41, 5.74) is 1.06. The molecule has 19 heavy (non-hydrogen) atoms. The Morgan fingerprint density at radius 1 is 1.21 bits per heavy atom. The molecule has 1 atom stereocenters. The van der Waals surface area contributed by atoms with Gasteiger partial charge in [0.15, 0.2) is 0 Å². The van der Waals surface area contributed by atoms with Crippen LogP contribution in [0.5, 0.6) is 0 Å². The van der Waals surface area contributed by atoms with E-state index in [0.29, 0.717) is 11.1 Å². The van der Waals surface area contributed by atoms with Crippen molar-refractivity contribution in [1.82, 2.24) is 9.78 Å². The van der Waals surface area contributed by atoms with Crippen LogP contribution in [0.1, 0.15) is 37.1 Å². The largest absolute Gasteiger partial charge is 0.388 e. The lowest BCUT2D eigenvalue weighted by molar-refractivity contribution is 0.178. The molecule has 5 heteroatoms. The lowest BCUT2D eigenvalue weighted by atomic mass is 10.0. The Morgan fingerprint density at radius 3 is 2.37 bits per heavy atom. The molecule has 0 aliphatic heterocycles. The smallest absolute Gasteiger partial charge is 0.126 e. The highest BCUT2D eigenvalue weighted by Gasteiger charge is 2.13. The topological polar surface area (TPSA) is 38.0 Å². The Bertz CT molecular complexity index is 546. The van der Waals surface area contributed by atoms with E-state index >= 15 is 0 Å². The molecule has 0 radical (unpaired) electrons. The molecule has 0 bridgehead atoms. The Labute approximate surface area is 110 Å². The molecule has 0 spiro atoms. The summed E-state index contributed by atoms with van der Waals surface area (Å²) in [6.07, 6.45) is 2.64. The van der Waals surface area contributed by atoms with Crippen LogP contribution in [0, 0.1) is 11.6 Å². The maximum atomic E-state index is 13.1. The maximum Gasteiger partial charge on any atom is 0.126 e. The number of rotatable bonds is 4. The monoisotopic (exact) mass is 266 g/mol. The Kier molecular flexibility index (Phi) is 3.95. The highest BCUT2D eigenvalue weighted by molar-refractivity contribution is 5.21. The zero-order valence-corrected chi connectivity index (χ0v) is 10.8. The van der Waals surface area contributed by atoms with Gasteiger partial charge in [0.2, 0.25) is 0 Å². The maximum absolute atomic E-state index is 13.1. The SMILES string of the molecule is CC(C)n1cc(C(O)Cc2cc(F)cc(F)c2)cn1. The summed E-state index contributed by atoms with van der Waals surface area (Å²) < 4.78 is 27.8. The number of nitrogens with zero attached hydrogens (tertiary/aromatic N) is 2. The molecular formula is C14H16F2N2O. The first-order valence-electron chi connectivity index (χ1n) is 6.13. The minimum absolute atomic E-state index is 0.151. The van der Waals surface area contributed by atoms with Gasteiger partial charge >= 0.3 is 0 Å². The molecule has 2 rings (SSSR count). The van der Waals surface area contributed by atoms with E-state index < -0.39 is 17.7 Å². The Morgan fingerprint density at radius 2 is 1.84 bits per heavy atom. The molecule has 0 aliphatic carbocycles. The standard InChI is InChI=1S/C14H16F2N2O/c1-9(2)18-8-11(7-17-18)14(19)5-10-3-12(15)6-13(16)4-10/h3-4,6-9,14,19H,5H2,1-2H3. The molecule has 1 aromatic carbocycles. The summed E-state index contributed by atoms with van der Waals surface area (Å²) in [6, 6.07) is 3.46. The summed E-state index contributed by atoms with van der Waals surface area (Å²) >= 11 is 0. The second-order valence-electron chi connectivity index (χ2n) is 4.85. The quantitative estimate of drug-likeness (QED) is 0.923. The van der Waals surface area contributed by atoms with E-state index in [9.17, 15) is 13.9 Å². The number of aromatic nitrogens is 2. The van der Waals surface area contributed by atoms with Crippen molar-refractivity contribution in [1.29, 1.82) is 0 Å². The third-order valence-corrected chi connectivity index (χ3v) is 2.89. The molecule has 0 fully saturated rings. The third-order valence-electron chi connectivity index (χ3n) is 2.89. The van der Waals surface area contributed by atoms with Gasteiger partial charge in [0, 0.05) is 30.3 Å². The first kappa shape index (κ1) is 13.7. The average Bonchev–Trinajstić information content (AvgIpc) is 2.76. The van der Waals surface area contributed by atoms with Crippen LogP contribution in [0.4, 0.5) is 8.78 Å². The zero-order chi connectivity index (χ0) is 14.0. The molecule has 3 nitrogen and oxygen atoms in total. The zero-order valence-electron chi connectivity index (χ0n) is 10.8. The number of aliphatic hydroxyl groups excluding tert-OH is 1. The van der Waals surface area contributed by atoms with Crippen molar-refractivity contribution in [2.24, 2.45) is 0 Å². The van der Waals surface area contributed by atoms with Crippen LogP contribution in [0.15, 0.2) is 30.6 Å². The summed E-state index contributed by atoms with van der Waals surface area (Å²) in [6.45, 7) is 3.95. The number of benzene rings is 1. The summed E-state index contributed by atoms with van der Waals surface area (Å²) in [4.78, 5) is 0. The van der Waals surface area contributed by atoms with E-state index in [1.807, 2.05) is 13.8 Å². The lowest BCUT2D eigenvalue weighted by Crippen LogP contribution is -2.03. The summed E-state index contributed by atoms with van der Waals surface area (Å²) in [5, 5.41) is 14.2. The minimum atomic E-state index is -0.825. The molecule has 0 saturated heterocycles. The first-order chi connectivity index (χ1) is 8.95. The van der Waals surface area contributed by atoms with Gasteiger partial charge in [0.25, 0.3) is 0 Å². The van der Waals surface area contributed by atoms with Gasteiger partial charge in [-0.1, -0.05) is 0 Å². The molecule has 1 heterocycles. The van der Waals surface area contributed by atoms with Crippen molar-refractivity contribution in [3.05, 3.63) is 53.4 Å². The second-order valence-corrected chi connectivity index (χ2v) is 4.85. The van der Waals surface area contributed by atoms with Gasteiger partial charge in [-0.25, -0.2) is 8.78 Å². The molecule has 0 amide bonds.